The van der Waals surface area contributed by atoms with Gasteiger partial charge in [-0.2, -0.15) is 0 Å². The van der Waals surface area contributed by atoms with Crippen LogP contribution in [0.2, 0.25) is 0 Å². The van der Waals surface area contributed by atoms with Gasteiger partial charge in [-0.05, 0) is 32.0 Å². The highest BCUT2D eigenvalue weighted by Gasteiger charge is 2.26. The summed E-state index contributed by atoms with van der Waals surface area (Å²) in [4.78, 5) is 28.5. The average Bonchev–Trinajstić information content (AvgIpc) is 2.85. The highest BCUT2D eigenvalue weighted by Crippen LogP contribution is 2.28. The maximum absolute atomic E-state index is 11.0. The van der Waals surface area contributed by atoms with Gasteiger partial charge in [0.1, 0.15) is 12.0 Å². The van der Waals surface area contributed by atoms with Gasteiger partial charge in [0.25, 0.3) is 0 Å². The highest BCUT2D eigenvalue weighted by atomic mass is 16.5. The van der Waals surface area contributed by atoms with E-state index in [2.05, 4.69) is 21.7 Å². The number of ether oxygens (including phenoxy) is 1. The van der Waals surface area contributed by atoms with Crippen molar-refractivity contribution in [1.82, 2.24) is 9.80 Å². The molecule has 0 spiro atoms. The van der Waals surface area contributed by atoms with Gasteiger partial charge >= 0.3 is 0 Å². The first-order chi connectivity index (χ1) is 15.1. The van der Waals surface area contributed by atoms with Crippen LogP contribution in [0, 0.1) is 0 Å². The van der Waals surface area contributed by atoms with Gasteiger partial charge in [0, 0.05) is 62.6 Å². The number of carbonyl (C=O) groups is 2. The summed E-state index contributed by atoms with van der Waals surface area (Å²) in [7, 11) is 3.82. The largest absolute Gasteiger partial charge is 0.496 e. The zero-order valence-electron chi connectivity index (χ0n) is 18.6. The topological polar surface area (TPSA) is 53.1 Å². The quantitative estimate of drug-likeness (QED) is 0.689. The molecule has 2 fully saturated rings. The van der Waals surface area contributed by atoms with Crippen LogP contribution in [0.5, 0.6) is 5.75 Å². The Bertz CT molecular complexity index is 827. The Labute approximate surface area is 185 Å². The Morgan fingerprint density at radius 1 is 0.871 bits per heavy atom. The van der Waals surface area contributed by atoms with Crippen LogP contribution in [0.3, 0.4) is 0 Å². The van der Waals surface area contributed by atoms with Crippen molar-refractivity contribution in [3.8, 4) is 5.75 Å². The van der Waals surface area contributed by atoms with Crippen molar-refractivity contribution in [3.63, 3.8) is 0 Å². The molecule has 2 aromatic rings. The van der Waals surface area contributed by atoms with Crippen molar-refractivity contribution in [2.75, 3.05) is 58.3 Å². The molecule has 0 saturated carbocycles. The number of hydrogen-bond acceptors (Lipinski definition) is 6. The standard InChI is InChI=1S/C18H27N3O2.C7H6O/c1-19-9-11-21(12-10-19)16-5-7-20(8-6-16)17-4-3-15(14-22)18(13-17)23-2;8-6-7-4-2-1-3-5-7/h3-4,13-14,16H,5-12H2,1-2H3;1-6H. The molecule has 0 N–H and O–H groups in total. The maximum Gasteiger partial charge on any atom is 0.153 e. The molecule has 0 aromatic heterocycles. The van der Waals surface area contributed by atoms with Crippen LogP contribution in [-0.2, 0) is 0 Å². The van der Waals surface area contributed by atoms with Crippen molar-refractivity contribution in [2.24, 2.45) is 0 Å². The Hall–Kier alpha value is -2.70. The number of piperidine rings is 1. The summed E-state index contributed by atoms with van der Waals surface area (Å²) in [5, 5.41) is 0. The number of methoxy groups -OCH3 is 1. The molecule has 2 saturated heterocycles. The molecule has 166 valence electrons. The lowest BCUT2D eigenvalue weighted by molar-refractivity contribution is 0.0982. The Kier molecular flexibility index (Phi) is 8.62. The van der Waals surface area contributed by atoms with Gasteiger partial charge in [0.15, 0.2) is 6.29 Å². The number of benzene rings is 2. The fourth-order valence-corrected chi connectivity index (χ4v) is 4.20. The first-order valence-electron chi connectivity index (χ1n) is 11.0. The molecule has 2 aliphatic rings. The summed E-state index contributed by atoms with van der Waals surface area (Å²) < 4.78 is 5.32. The number of rotatable bonds is 5. The Morgan fingerprint density at radius 3 is 2.10 bits per heavy atom. The minimum absolute atomic E-state index is 0.614. The number of nitrogens with zero attached hydrogens (tertiary/aromatic N) is 3. The van der Waals surface area contributed by atoms with E-state index in [0.717, 1.165) is 43.0 Å². The van der Waals surface area contributed by atoms with Gasteiger partial charge in [0.05, 0.1) is 12.7 Å². The van der Waals surface area contributed by atoms with Crippen LogP contribution in [0.4, 0.5) is 5.69 Å². The lowest BCUT2D eigenvalue weighted by Crippen LogP contribution is -2.52. The van der Waals surface area contributed by atoms with E-state index in [1.165, 1.54) is 39.0 Å². The van der Waals surface area contributed by atoms with Crippen molar-refractivity contribution >= 4 is 18.3 Å². The maximum atomic E-state index is 11.0. The first kappa shape index (κ1) is 23.0. The average molecular weight is 424 g/mol. The Balaban J connectivity index is 0.000000287. The van der Waals surface area contributed by atoms with Crippen molar-refractivity contribution < 1.29 is 14.3 Å². The lowest BCUT2D eigenvalue weighted by atomic mass is 10.0. The van der Waals surface area contributed by atoms with Crippen molar-refractivity contribution in [1.29, 1.82) is 0 Å². The number of hydrogen-bond donors (Lipinski definition) is 0. The summed E-state index contributed by atoms with van der Waals surface area (Å²) in [5.41, 5.74) is 2.50. The van der Waals surface area contributed by atoms with Gasteiger partial charge in [-0.1, -0.05) is 30.3 Å². The smallest absolute Gasteiger partial charge is 0.153 e. The normalized spacial score (nSPS) is 18.1. The van der Waals surface area contributed by atoms with Crippen LogP contribution in [0.1, 0.15) is 33.6 Å². The van der Waals surface area contributed by atoms with E-state index in [9.17, 15) is 9.59 Å². The third-order valence-electron chi connectivity index (χ3n) is 6.16. The van der Waals surface area contributed by atoms with E-state index in [1.54, 1.807) is 19.2 Å². The Morgan fingerprint density at radius 2 is 1.55 bits per heavy atom. The second-order valence-electron chi connectivity index (χ2n) is 8.13. The molecule has 0 bridgehead atoms. The number of piperazine rings is 1. The summed E-state index contributed by atoms with van der Waals surface area (Å²) >= 11 is 0. The van der Waals surface area contributed by atoms with E-state index in [0.29, 0.717) is 11.3 Å². The lowest BCUT2D eigenvalue weighted by Gasteiger charge is -2.42. The summed E-state index contributed by atoms with van der Waals surface area (Å²) in [6, 6.07) is 15.7. The molecule has 0 atom stereocenters. The van der Waals surface area contributed by atoms with E-state index < -0.39 is 0 Å². The summed E-state index contributed by atoms with van der Waals surface area (Å²) in [6.45, 7) is 6.91. The SMILES string of the molecule is COc1cc(N2CCC(N3CCN(C)CC3)CC2)ccc1C=O.O=Cc1ccccc1. The van der Waals surface area contributed by atoms with Crippen molar-refractivity contribution in [3.05, 3.63) is 59.7 Å². The second kappa shape index (κ2) is 11.6. The van der Waals surface area contributed by atoms with Gasteiger partial charge in [-0.25, -0.2) is 0 Å². The fourth-order valence-electron chi connectivity index (χ4n) is 4.20. The number of aldehydes is 2. The van der Waals surface area contributed by atoms with Gasteiger partial charge in [-0.15, -0.1) is 0 Å². The second-order valence-corrected chi connectivity index (χ2v) is 8.13. The third kappa shape index (κ3) is 6.39. The van der Waals surface area contributed by atoms with Gasteiger partial charge in [-0.3, -0.25) is 14.5 Å². The van der Waals surface area contributed by atoms with E-state index in [4.69, 9.17) is 4.74 Å². The monoisotopic (exact) mass is 423 g/mol. The van der Waals surface area contributed by atoms with Crippen molar-refractivity contribution in [2.45, 2.75) is 18.9 Å². The number of likely N-dealkylation sites (N-methyl/N-ethyl adjacent to an activating group) is 1. The molecule has 2 aromatic carbocycles. The molecule has 2 heterocycles. The van der Waals surface area contributed by atoms with Crippen LogP contribution in [0.25, 0.3) is 0 Å². The molecule has 6 heteroatoms. The molecule has 0 aliphatic carbocycles. The van der Waals surface area contributed by atoms with Crippen LogP contribution in [-0.4, -0.2) is 81.8 Å². The van der Waals surface area contributed by atoms with Gasteiger partial charge in [0.2, 0.25) is 0 Å². The number of carbonyl (C=O) groups excluding carboxylic acids is 2. The molecule has 6 nitrogen and oxygen atoms in total. The predicted molar refractivity (Wildman–Crippen MR) is 125 cm³/mol. The third-order valence-corrected chi connectivity index (χ3v) is 6.16. The molecule has 0 unspecified atom stereocenters. The van der Waals surface area contributed by atoms with E-state index in [-0.39, 0.29) is 0 Å². The summed E-state index contributed by atoms with van der Waals surface area (Å²) in [5.74, 6) is 0.665. The minimum Gasteiger partial charge on any atom is -0.496 e. The van der Waals surface area contributed by atoms with E-state index >= 15 is 0 Å². The predicted octanol–water partition coefficient (Wildman–Crippen LogP) is 3.22. The van der Waals surface area contributed by atoms with Gasteiger partial charge < -0.3 is 14.5 Å². The molecule has 0 amide bonds. The highest BCUT2D eigenvalue weighted by molar-refractivity contribution is 5.80. The van der Waals surface area contributed by atoms with Crippen LogP contribution < -0.4 is 9.64 Å². The number of anilines is 1. The zero-order valence-corrected chi connectivity index (χ0v) is 18.6. The molecule has 0 radical (unpaired) electrons. The summed E-state index contributed by atoms with van der Waals surface area (Å²) in [6.07, 6.45) is 4.10. The zero-order chi connectivity index (χ0) is 22.1. The van der Waals surface area contributed by atoms with Crippen LogP contribution in [0.15, 0.2) is 48.5 Å². The molecule has 4 rings (SSSR count). The first-order valence-corrected chi connectivity index (χ1v) is 11.0. The molecular formula is C25H33N3O3. The molecule has 2 aliphatic heterocycles. The minimum atomic E-state index is 0.614. The fraction of sp³-hybridized carbons (Fsp3) is 0.440. The van der Waals surface area contributed by atoms with E-state index in [1.807, 2.05) is 36.4 Å². The van der Waals surface area contributed by atoms with Crippen LogP contribution >= 0.6 is 0 Å². The molecule has 31 heavy (non-hydrogen) atoms. The molecular weight excluding hydrogens is 390 g/mol.